The van der Waals surface area contributed by atoms with Crippen molar-refractivity contribution in [1.82, 2.24) is 9.78 Å². The van der Waals surface area contributed by atoms with Crippen LogP contribution in [0.1, 0.15) is 10.5 Å². The van der Waals surface area contributed by atoms with E-state index >= 15 is 0 Å². The molecule has 0 aliphatic carbocycles. The van der Waals surface area contributed by atoms with Gasteiger partial charge in [0.15, 0.2) is 11.4 Å². The predicted octanol–water partition coefficient (Wildman–Crippen LogP) is 1.77. The number of aromatic amines is 1. The van der Waals surface area contributed by atoms with Gasteiger partial charge < -0.3 is 5.11 Å². The number of nitrogens with zero attached hydrogens (tertiary/aromatic N) is 3. The molecule has 0 spiro atoms. The molecule has 2 aromatic carbocycles. The Morgan fingerprint density at radius 1 is 0.839 bits per heavy atom. The maximum absolute atomic E-state index is 12.6. The van der Waals surface area contributed by atoms with E-state index in [9.17, 15) is 31.5 Å². The van der Waals surface area contributed by atoms with Crippen LogP contribution < -0.4 is 5.56 Å². The highest BCUT2D eigenvalue weighted by molar-refractivity contribution is 7.86. The number of H-pyrrole nitrogens is 1. The Morgan fingerprint density at radius 2 is 1.32 bits per heavy atom. The van der Waals surface area contributed by atoms with Crippen LogP contribution in [0, 0.1) is 0 Å². The molecule has 1 aromatic heterocycles. The summed E-state index contributed by atoms with van der Waals surface area (Å²) in [6.07, 6.45) is 0. The second-order valence-electron chi connectivity index (χ2n) is 5.92. The van der Waals surface area contributed by atoms with Gasteiger partial charge in [-0.15, -0.1) is 5.11 Å². The molecular weight excluding hydrogens is 456 g/mol. The third-order valence-electron chi connectivity index (χ3n) is 3.87. The summed E-state index contributed by atoms with van der Waals surface area (Å²) in [5.74, 6) is -1.53. The molecule has 0 unspecified atom stereocenters. The van der Waals surface area contributed by atoms with Gasteiger partial charge in [-0.1, -0.05) is 0 Å². The molecule has 15 heteroatoms. The van der Waals surface area contributed by atoms with E-state index in [0.29, 0.717) is 0 Å². The summed E-state index contributed by atoms with van der Waals surface area (Å²) >= 11 is 0. The number of carboxylic acid groups (broad SMARTS) is 1. The molecule has 0 radical (unpaired) electrons. The molecule has 0 saturated heterocycles. The number of hydrogen-bond donors (Lipinski definition) is 4. The molecule has 4 N–H and O–H groups in total. The lowest BCUT2D eigenvalue weighted by atomic mass is 10.3. The van der Waals surface area contributed by atoms with Crippen LogP contribution in [0.25, 0.3) is 5.69 Å². The number of aromatic nitrogens is 2. The highest BCUT2D eigenvalue weighted by Crippen LogP contribution is 2.21. The third kappa shape index (κ3) is 4.75. The molecule has 13 nitrogen and oxygen atoms in total. The summed E-state index contributed by atoms with van der Waals surface area (Å²) in [7, 11) is -8.87. The molecule has 162 valence electrons. The molecular formula is C16H12N4O9S2. The van der Waals surface area contributed by atoms with E-state index in [0.717, 1.165) is 41.1 Å². The summed E-state index contributed by atoms with van der Waals surface area (Å²) in [5.41, 5.74) is -1.99. The number of nitrogens with one attached hydrogen (secondary N) is 1. The third-order valence-corrected chi connectivity index (χ3v) is 5.61. The molecule has 0 fully saturated rings. The summed E-state index contributed by atoms with van der Waals surface area (Å²) in [5, 5.41) is 19.0. The Hall–Kier alpha value is -3.66. The smallest absolute Gasteiger partial charge is 0.356 e. The second kappa shape index (κ2) is 7.88. The molecule has 0 atom stereocenters. The fourth-order valence-corrected chi connectivity index (χ4v) is 3.37. The Kier molecular flexibility index (Phi) is 5.60. The molecule has 0 amide bonds. The van der Waals surface area contributed by atoms with Crippen molar-refractivity contribution < 1.29 is 35.8 Å². The minimum Gasteiger partial charge on any atom is -0.476 e. The van der Waals surface area contributed by atoms with Crippen molar-refractivity contribution in [3.05, 3.63) is 64.6 Å². The van der Waals surface area contributed by atoms with Crippen LogP contribution in [0.15, 0.2) is 73.3 Å². The summed E-state index contributed by atoms with van der Waals surface area (Å²) in [4.78, 5) is 23.3. The zero-order valence-electron chi connectivity index (χ0n) is 15.1. The average Bonchev–Trinajstić information content (AvgIpc) is 3.02. The first-order valence-corrected chi connectivity index (χ1v) is 10.9. The van der Waals surface area contributed by atoms with Gasteiger partial charge in [0.2, 0.25) is 0 Å². The molecule has 0 saturated carbocycles. The highest BCUT2D eigenvalue weighted by Gasteiger charge is 2.21. The number of hydrogen-bond acceptors (Lipinski definition) is 8. The lowest BCUT2D eigenvalue weighted by Gasteiger charge is -2.02. The van der Waals surface area contributed by atoms with Gasteiger partial charge in [-0.2, -0.15) is 21.9 Å². The number of azo groups is 1. The normalized spacial score (nSPS) is 12.3. The van der Waals surface area contributed by atoms with Gasteiger partial charge in [0.25, 0.3) is 25.8 Å². The summed E-state index contributed by atoms with van der Waals surface area (Å²) < 4.78 is 63.1. The molecule has 0 aliphatic rings. The number of aromatic carboxylic acids is 1. The average molecular weight is 468 g/mol. The van der Waals surface area contributed by atoms with E-state index in [4.69, 9.17) is 9.11 Å². The van der Waals surface area contributed by atoms with Crippen LogP contribution in [0.2, 0.25) is 0 Å². The van der Waals surface area contributed by atoms with Crippen molar-refractivity contribution in [2.45, 2.75) is 9.79 Å². The van der Waals surface area contributed by atoms with Crippen molar-refractivity contribution in [1.29, 1.82) is 0 Å². The van der Waals surface area contributed by atoms with Crippen LogP contribution in [0.5, 0.6) is 0 Å². The molecule has 3 rings (SSSR count). The Bertz CT molecular complexity index is 1450. The monoisotopic (exact) mass is 468 g/mol. The largest absolute Gasteiger partial charge is 0.476 e. The van der Waals surface area contributed by atoms with Gasteiger partial charge in [-0.25, -0.2) is 9.48 Å². The van der Waals surface area contributed by atoms with Crippen LogP contribution in [0.3, 0.4) is 0 Å². The number of carboxylic acids is 1. The van der Waals surface area contributed by atoms with Gasteiger partial charge in [0.1, 0.15) is 0 Å². The molecule has 0 bridgehead atoms. The topological polar surface area (TPSA) is 209 Å². The van der Waals surface area contributed by atoms with E-state index in [-0.39, 0.29) is 11.4 Å². The Labute approximate surface area is 173 Å². The molecule has 31 heavy (non-hydrogen) atoms. The fourth-order valence-electron chi connectivity index (χ4n) is 2.41. The Morgan fingerprint density at radius 3 is 1.77 bits per heavy atom. The van der Waals surface area contributed by atoms with E-state index in [2.05, 4.69) is 15.3 Å². The maximum atomic E-state index is 12.6. The van der Waals surface area contributed by atoms with Crippen molar-refractivity contribution in [3.63, 3.8) is 0 Å². The first kappa shape index (κ1) is 22.0. The summed E-state index contributed by atoms with van der Waals surface area (Å²) in [6, 6.07) is 8.75. The molecule has 3 aromatic rings. The molecule has 1 heterocycles. The quantitative estimate of drug-likeness (QED) is 0.306. The van der Waals surface area contributed by atoms with E-state index < -0.39 is 52.9 Å². The maximum Gasteiger partial charge on any atom is 0.356 e. The number of rotatable bonds is 6. The minimum absolute atomic E-state index is 0.0545. The van der Waals surface area contributed by atoms with Crippen molar-refractivity contribution in [2.75, 3.05) is 0 Å². The number of benzene rings is 2. The van der Waals surface area contributed by atoms with Crippen LogP contribution >= 0.6 is 0 Å². The Balaban J connectivity index is 2.02. The van der Waals surface area contributed by atoms with Crippen LogP contribution in [-0.2, 0) is 20.2 Å². The fraction of sp³-hybridized carbons (Fsp3) is 0. The highest BCUT2D eigenvalue weighted by atomic mass is 32.2. The van der Waals surface area contributed by atoms with Gasteiger partial charge >= 0.3 is 5.97 Å². The van der Waals surface area contributed by atoms with Gasteiger partial charge in [0.05, 0.1) is 21.2 Å². The first-order valence-electron chi connectivity index (χ1n) is 8.03. The minimum atomic E-state index is -4.46. The van der Waals surface area contributed by atoms with Gasteiger partial charge in [-0.05, 0) is 48.5 Å². The zero-order valence-corrected chi connectivity index (χ0v) is 16.7. The number of carbonyl (C=O) groups is 1. The second-order valence-corrected chi connectivity index (χ2v) is 8.76. The van der Waals surface area contributed by atoms with Crippen molar-refractivity contribution in [2.24, 2.45) is 10.2 Å². The van der Waals surface area contributed by atoms with Crippen molar-refractivity contribution >= 4 is 37.6 Å². The van der Waals surface area contributed by atoms with Gasteiger partial charge in [0, 0.05) is 0 Å². The summed E-state index contributed by atoms with van der Waals surface area (Å²) in [6.45, 7) is 0. The van der Waals surface area contributed by atoms with Crippen LogP contribution in [0.4, 0.5) is 11.4 Å². The van der Waals surface area contributed by atoms with E-state index in [1.54, 1.807) is 0 Å². The first-order chi connectivity index (χ1) is 14.4. The lowest BCUT2D eigenvalue weighted by Crippen LogP contribution is -2.14. The van der Waals surface area contributed by atoms with Gasteiger partial charge in [-0.3, -0.25) is 19.0 Å². The zero-order chi connectivity index (χ0) is 23.0. The predicted molar refractivity (Wildman–Crippen MR) is 104 cm³/mol. The SMILES string of the molecule is O=C(O)c1[nH]n(-c2ccc(S(=O)(=O)O)cc2)c(=O)c1N=Nc1ccc(S(=O)(=O)O)cc1. The standard InChI is InChI=1S/C16H12N4O9S2/c21-15-13(18-17-9-1-5-11(6-2-9)30(24,25)26)14(16(22)23)19-20(15)10-3-7-12(8-4-10)31(27,28)29/h1-8,19H,(H,22,23)(H,24,25,26)(H,27,28,29). The van der Waals surface area contributed by atoms with Crippen LogP contribution in [-0.4, -0.2) is 46.8 Å². The van der Waals surface area contributed by atoms with E-state index in [1.807, 2.05) is 0 Å². The molecule has 0 aliphatic heterocycles. The van der Waals surface area contributed by atoms with E-state index in [1.165, 1.54) is 12.1 Å². The van der Waals surface area contributed by atoms with Crippen molar-refractivity contribution in [3.8, 4) is 5.69 Å². The lowest BCUT2D eigenvalue weighted by molar-refractivity contribution is 0.0690.